The van der Waals surface area contributed by atoms with Crippen LogP contribution in [0.1, 0.15) is 54.4 Å². The molecule has 0 saturated carbocycles. The summed E-state index contributed by atoms with van der Waals surface area (Å²) < 4.78 is 10.3. The maximum Gasteiger partial charge on any atom is 0.410 e. The summed E-state index contributed by atoms with van der Waals surface area (Å²) in [5, 5.41) is 11.0. The molecule has 2 N–H and O–H groups in total. The zero-order valence-electron chi connectivity index (χ0n) is 16.6. The molecule has 26 heavy (non-hydrogen) atoms. The van der Waals surface area contributed by atoms with Gasteiger partial charge in [-0.25, -0.2) is 4.79 Å². The van der Waals surface area contributed by atoms with Gasteiger partial charge in [0.2, 0.25) is 0 Å². The first-order chi connectivity index (χ1) is 12.1. The highest BCUT2D eigenvalue weighted by Gasteiger charge is 2.25. The smallest absolute Gasteiger partial charge is 0.410 e. The molecular weight excluding hydrogens is 358 g/mol. The van der Waals surface area contributed by atoms with Crippen LogP contribution in [0.5, 0.6) is 0 Å². The van der Waals surface area contributed by atoms with Crippen molar-refractivity contribution >= 4 is 29.8 Å². The predicted octanol–water partition coefficient (Wildman–Crippen LogP) is 3.52. The zero-order valence-corrected chi connectivity index (χ0v) is 17.4. The van der Waals surface area contributed by atoms with Crippen molar-refractivity contribution < 1.29 is 29.0 Å². The number of rotatable bonds is 12. The summed E-state index contributed by atoms with van der Waals surface area (Å²) in [5.74, 6) is -0.812. The third-order valence-electron chi connectivity index (χ3n) is 3.87. The number of nitrogens with one attached hydrogen (secondary N) is 1. The van der Waals surface area contributed by atoms with Crippen molar-refractivity contribution in [3.63, 3.8) is 0 Å². The van der Waals surface area contributed by atoms with Gasteiger partial charge in [0, 0.05) is 12.5 Å². The molecule has 0 heterocycles. The van der Waals surface area contributed by atoms with Crippen molar-refractivity contribution in [2.45, 2.75) is 65.9 Å². The van der Waals surface area contributed by atoms with Crippen molar-refractivity contribution in [2.75, 3.05) is 12.3 Å². The van der Waals surface area contributed by atoms with E-state index in [0.717, 1.165) is 18.6 Å². The molecule has 0 unspecified atom stereocenters. The minimum atomic E-state index is -1.01. The van der Waals surface area contributed by atoms with Crippen LogP contribution >= 0.6 is 11.8 Å². The van der Waals surface area contributed by atoms with E-state index in [-0.39, 0.29) is 18.4 Å². The average Bonchev–Trinajstić information content (AvgIpc) is 2.56. The van der Waals surface area contributed by atoms with Crippen LogP contribution in [0.15, 0.2) is 0 Å². The predicted molar refractivity (Wildman–Crippen MR) is 102 cm³/mol. The first-order valence-electron chi connectivity index (χ1n) is 9.11. The molecule has 1 amide bonds. The van der Waals surface area contributed by atoms with Crippen molar-refractivity contribution in [3.05, 3.63) is 0 Å². The second-order valence-corrected chi connectivity index (χ2v) is 8.07. The van der Waals surface area contributed by atoms with Crippen molar-refractivity contribution in [1.29, 1.82) is 0 Å². The molecule has 0 aromatic rings. The summed E-state index contributed by atoms with van der Waals surface area (Å²) in [6.45, 7) is 11.0. The Balaban J connectivity index is 4.56. The van der Waals surface area contributed by atoms with E-state index in [1.54, 1.807) is 27.7 Å². The zero-order chi connectivity index (χ0) is 20.3. The van der Waals surface area contributed by atoms with E-state index in [2.05, 4.69) is 19.2 Å². The van der Waals surface area contributed by atoms with Gasteiger partial charge in [0.15, 0.2) is 0 Å². The number of carboxylic acids is 1. The van der Waals surface area contributed by atoms with Crippen LogP contribution in [-0.4, -0.2) is 47.0 Å². The quantitative estimate of drug-likeness (QED) is 0.388. The molecule has 0 aliphatic carbocycles. The van der Waals surface area contributed by atoms with Gasteiger partial charge < -0.3 is 19.9 Å². The molecule has 2 atom stereocenters. The molecule has 0 saturated heterocycles. The van der Waals surface area contributed by atoms with Crippen LogP contribution in [0.4, 0.5) is 4.79 Å². The lowest BCUT2D eigenvalue weighted by Gasteiger charge is -2.23. The average molecular weight is 392 g/mol. The third-order valence-corrected chi connectivity index (χ3v) is 5.30. The number of hydrogen-bond donors (Lipinski definition) is 2. The number of thioether (sulfide) groups is 1. The maximum atomic E-state index is 12.0. The molecular formula is C18H33NO6S. The monoisotopic (exact) mass is 391 g/mol. The third kappa shape index (κ3) is 9.89. The number of aliphatic carboxylic acids is 1. The number of esters is 1. The van der Waals surface area contributed by atoms with Gasteiger partial charge in [0.1, 0.15) is 5.25 Å². The largest absolute Gasteiger partial charge is 0.480 e. The molecule has 0 rings (SSSR count). The number of amides is 1. The van der Waals surface area contributed by atoms with Gasteiger partial charge in [-0.1, -0.05) is 54.4 Å². The Labute approximate surface area is 160 Å². The summed E-state index contributed by atoms with van der Waals surface area (Å²) in [4.78, 5) is 35.0. The second kappa shape index (κ2) is 12.8. The Hall–Kier alpha value is -1.44. The van der Waals surface area contributed by atoms with Gasteiger partial charge in [0.25, 0.3) is 6.29 Å². The van der Waals surface area contributed by atoms with E-state index >= 15 is 0 Å². The minimum absolute atomic E-state index is 0.0536. The normalized spacial score (nSPS) is 13.6. The number of carboxylic acid groups (broad SMARTS) is 1. The van der Waals surface area contributed by atoms with Gasteiger partial charge in [-0.3, -0.25) is 9.59 Å². The second-order valence-electron chi connectivity index (χ2n) is 6.83. The lowest BCUT2D eigenvalue weighted by atomic mass is 10.1. The molecule has 0 aliphatic rings. The van der Waals surface area contributed by atoms with Crippen LogP contribution < -0.4 is 5.32 Å². The Kier molecular flexibility index (Phi) is 12.1. The summed E-state index contributed by atoms with van der Waals surface area (Å²) >= 11 is 1.31. The van der Waals surface area contributed by atoms with Crippen LogP contribution in [-0.2, 0) is 19.1 Å². The molecule has 0 fully saturated rings. The Morgan fingerprint density at radius 1 is 1.04 bits per heavy atom. The van der Waals surface area contributed by atoms with Gasteiger partial charge in [0.05, 0.1) is 5.92 Å². The first kappa shape index (κ1) is 24.6. The number of hydrogen-bond acceptors (Lipinski definition) is 6. The molecule has 0 aliphatic heterocycles. The molecule has 7 nitrogen and oxygen atoms in total. The van der Waals surface area contributed by atoms with Crippen molar-refractivity contribution in [3.8, 4) is 0 Å². The van der Waals surface area contributed by atoms with Crippen LogP contribution in [0.25, 0.3) is 0 Å². The molecule has 8 heteroatoms. The van der Waals surface area contributed by atoms with Gasteiger partial charge in [-0.05, 0) is 11.7 Å². The number of carbonyl (C=O) groups excluding carboxylic acids is 2. The molecule has 0 spiro atoms. The topological polar surface area (TPSA) is 102 Å². The minimum Gasteiger partial charge on any atom is -0.480 e. The lowest BCUT2D eigenvalue weighted by molar-refractivity contribution is -0.178. The van der Waals surface area contributed by atoms with Crippen LogP contribution in [0, 0.1) is 17.8 Å². The SMILES string of the molecule is CCC(CC)CS[C@@H](CNC(=O)O[C@@H](OC(=O)C(C)C)C(C)C)C(=O)O. The standard InChI is InChI=1S/C18H33NO6S/c1-7-13(8-2)10-26-14(15(20)21)9-19-18(23)25-17(12(5)6)24-16(22)11(3)4/h11-14,17H,7-10H2,1-6H3,(H,19,23)(H,20,21)/t14-,17+/m0/s1. The molecule has 0 bridgehead atoms. The van der Waals surface area contributed by atoms with E-state index in [1.165, 1.54) is 11.8 Å². The Morgan fingerprint density at radius 2 is 1.62 bits per heavy atom. The fourth-order valence-electron chi connectivity index (χ4n) is 1.86. The first-order valence-corrected chi connectivity index (χ1v) is 10.2. The number of ether oxygens (including phenoxy) is 2. The van der Waals surface area contributed by atoms with Crippen LogP contribution in [0.3, 0.4) is 0 Å². The van der Waals surface area contributed by atoms with E-state index in [0.29, 0.717) is 5.92 Å². The number of alkyl carbamates (subject to hydrolysis) is 1. The summed E-state index contributed by atoms with van der Waals surface area (Å²) in [6.07, 6.45) is 0.172. The Morgan fingerprint density at radius 3 is 2.04 bits per heavy atom. The molecule has 0 radical (unpaired) electrons. The van der Waals surface area contributed by atoms with Gasteiger partial charge in [-0.2, -0.15) is 0 Å². The number of carbonyl (C=O) groups is 3. The molecule has 152 valence electrons. The van der Waals surface area contributed by atoms with E-state index < -0.39 is 29.6 Å². The fraction of sp³-hybridized carbons (Fsp3) is 0.833. The van der Waals surface area contributed by atoms with E-state index in [4.69, 9.17) is 9.47 Å². The Bertz CT molecular complexity index is 451. The summed E-state index contributed by atoms with van der Waals surface area (Å²) in [5.41, 5.74) is 0. The highest BCUT2D eigenvalue weighted by molar-refractivity contribution is 8.00. The summed E-state index contributed by atoms with van der Waals surface area (Å²) in [7, 11) is 0. The van der Waals surface area contributed by atoms with Gasteiger partial charge >= 0.3 is 18.0 Å². The fourth-order valence-corrected chi connectivity index (χ4v) is 3.18. The molecule has 0 aromatic carbocycles. The summed E-state index contributed by atoms with van der Waals surface area (Å²) in [6, 6.07) is 0. The highest BCUT2D eigenvalue weighted by atomic mass is 32.2. The lowest BCUT2D eigenvalue weighted by Crippen LogP contribution is -2.39. The van der Waals surface area contributed by atoms with Crippen molar-refractivity contribution in [2.24, 2.45) is 17.8 Å². The molecule has 0 aromatic heterocycles. The van der Waals surface area contributed by atoms with Crippen molar-refractivity contribution in [1.82, 2.24) is 5.32 Å². The van der Waals surface area contributed by atoms with Crippen LogP contribution in [0.2, 0.25) is 0 Å². The highest BCUT2D eigenvalue weighted by Crippen LogP contribution is 2.20. The maximum absolute atomic E-state index is 12.0. The van der Waals surface area contributed by atoms with E-state index in [9.17, 15) is 19.5 Å². The van der Waals surface area contributed by atoms with Gasteiger partial charge in [-0.15, -0.1) is 11.8 Å². The van der Waals surface area contributed by atoms with E-state index in [1.807, 2.05) is 0 Å².